The zero-order valence-corrected chi connectivity index (χ0v) is 45.4. The Morgan fingerprint density at radius 2 is 0.575 bits per heavy atom. The van der Waals surface area contributed by atoms with Crippen molar-refractivity contribution in [2.45, 2.75) is 67.7 Å². The summed E-state index contributed by atoms with van der Waals surface area (Å²) < 4.78 is 99.6. The third kappa shape index (κ3) is 9.08. The summed E-state index contributed by atoms with van der Waals surface area (Å²) in [6.45, 7) is 16.2. The monoisotopic (exact) mass is 1060 g/mol. The highest BCUT2D eigenvalue weighted by molar-refractivity contribution is 6.14. The van der Waals surface area contributed by atoms with Crippen molar-refractivity contribution in [2.75, 3.05) is 0 Å². The van der Waals surface area contributed by atoms with E-state index in [0.717, 1.165) is 95.1 Å². The fraction of sp³-hybridized carbons (Fsp3) is 0.141. The van der Waals surface area contributed by atoms with Gasteiger partial charge in [-0.2, -0.15) is 31.6 Å². The van der Waals surface area contributed by atoms with E-state index in [0.29, 0.717) is 55.7 Å². The molecule has 0 fully saturated rings. The number of hydrogen-bond acceptors (Lipinski definition) is 1. The number of nitrogens with zero attached hydrogens (tertiary/aromatic N) is 3. The number of alkyl halides is 6. The standard InChI is InChI=1S/C71H53F6N3/c1-39-20-40(2)25-52(24-39)48-12-16-62-56(34-48)57-35-49(53-26-41(3)21-42(4)27-53)13-17-63(57)79(62)66-32-47(38-78)33-67(69(66)68-60(70(72,73)74)10-9-11-61(68)71(75,76)77)80-64-18-14-50(54-28-43(5)22-44(6)29-54)36-58(64)59-37-51(15-19-65(59)80)55-30-45(7)23-46(8)31-55/h9-37H,1-8H3. The Morgan fingerprint density at radius 3 is 0.812 bits per heavy atom. The molecule has 0 radical (unpaired) electrons. The highest BCUT2D eigenvalue weighted by Crippen LogP contribution is 2.51. The van der Waals surface area contributed by atoms with E-state index >= 15 is 26.3 Å². The van der Waals surface area contributed by atoms with Crippen molar-refractivity contribution in [3.63, 3.8) is 0 Å². The zero-order chi connectivity index (χ0) is 56.3. The van der Waals surface area contributed by atoms with Crippen LogP contribution in [0.1, 0.15) is 61.2 Å². The van der Waals surface area contributed by atoms with Crippen molar-refractivity contribution in [3.05, 3.63) is 237 Å². The summed E-state index contributed by atoms with van der Waals surface area (Å²) in [6, 6.07) is 55.9. The number of rotatable bonds is 7. The summed E-state index contributed by atoms with van der Waals surface area (Å²) in [5, 5.41) is 14.0. The number of halogens is 6. The van der Waals surface area contributed by atoms with Gasteiger partial charge in [0.15, 0.2) is 0 Å². The molecule has 2 heterocycles. The minimum Gasteiger partial charge on any atom is -0.308 e. The number of fused-ring (bicyclic) bond motifs is 6. The molecule has 3 nitrogen and oxygen atoms in total. The minimum absolute atomic E-state index is 0.0271. The molecule has 0 amide bonds. The third-order valence-corrected chi connectivity index (χ3v) is 15.4. The average molecular weight is 1060 g/mol. The maximum absolute atomic E-state index is 16.0. The molecule has 0 saturated heterocycles. The SMILES string of the molecule is Cc1cc(C)cc(-c2ccc3c(c2)c2cc(-c4cc(C)cc(C)c4)ccc2n3-c2cc(C#N)cc(-n3c4ccc(-c5cc(C)cc(C)c5)cc4c4cc(-c5cc(C)cc(C)c5)ccc43)c2-c2c(C(F)(F)F)cccc2C(F)(F)F)c1. The van der Waals surface area contributed by atoms with Gasteiger partial charge in [0.25, 0.3) is 0 Å². The lowest BCUT2D eigenvalue weighted by Crippen LogP contribution is -2.16. The predicted octanol–water partition coefficient (Wildman–Crippen LogP) is 20.6. The Balaban J connectivity index is 1.26. The van der Waals surface area contributed by atoms with E-state index in [4.69, 9.17) is 0 Å². The van der Waals surface area contributed by atoms with Gasteiger partial charge in [0.2, 0.25) is 0 Å². The highest BCUT2D eigenvalue weighted by Gasteiger charge is 2.43. The quantitative estimate of drug-likeness (QED) is 0.146. The number of hydrogen-bond donors (Lipinski definition) is 0. The lowest BCUT2D eigenvalue weighted by Gasteiger charge is -2.25. The molecule has 0 atom stereocenters. The lowest BCUT2D eigenvalue weighted by molar-refractivity contribution is -0.142. The molecule has 12 rings (SSSR count). The normalized spacial score (nSPS) is 12.1. The van der Waals surface area contributed by atoms with Gasteiger partial charge in [0.1, 0.15) is 0 Å². The van der Waals surface area contributed by atoms with Crippen molar-refractivity contribution >= 4 is 43.6 Å². The van der Waals surface area contributed by atoms with Crippen LogP contribution in [0.25, 0.3) is 111 Å². The molecule has 0 aliphatic carbocycles. The van der Waals surface area contributed by atoms with E-state index in [9.17, 15) is 5.26 Å². The minimum atomic E-state index is -5.26. The zero-order valence-electron chi connectivity index (χ0n) is 45.4. The van der Waals surface area contributed by atoms with Crippen LogP contribution < -0.4 is 0 Å². The second-order valence-corrected chi connectivity index (χ2v) is 21.8. The molecule has 0 spiro atoms. The molecular formula is C71H53F6N3. The maximum atomic E-state index is 16.0. The average Bonchev–Trinajstić information content (AvgIpc) is 3.90. The number of aryl methyl sites for hydroxylation is 8. The van der Waals surface area contributed by atoms with Gasteiger partial charge in [0, 0.05) is 32.7 Å². The van der Waals surface area contributed by atoms with Crippen molar-refractivity contribution in [2.24, 2.45) is 0 Å². The van der Waals surface area contributed by atoms with E-state index in [1.807, 2.05) is 128 Å². The number of benzene rings is 10. The molecular weight excluding hydrogens is 1010 g/mol. The summed E-state index contributed by atoms with van der Waals surface area (Å²) in [6.07, 6.45) is -10.5. The fourth-order valence-corrected chi connectivity index (χ4v) is 12.4. The van der Waals surface area contributed by atoms with E-state index in [-0.39, 0.29) is 22.5 Å². The van der Waals surface area contributed by atoms with Crippen molar-refractivity contribution in [1.29, 1.82) is 5.26 Å². The van der Waals surface area contributed by atoms with Crippen molar-refractivity contribution < 1.29 is 26.3 Å². The third-order valence-electron chi connectivity index (χ3n) is 15.4. The van der Waals surface area contributed by atoms with Gasteiger partial charge in [-0.3, -0.25) is 0 Å². The van der Waals surface area contributed by atoms with Gasteiger partial charge >= 0.3 is 12.4 Å². The number of aromatic nitrogens is 2. The fourth-order valence-electron chi connectivity index (χ4n) is 12.4. The second kappa shape index (κ2) is 19.1. The van der Waals surface area contributed by atoms with Crippen LogP contribution >= 0.6 is 0 Å². The van der Waals surface area contributed by atoms with Gasteiger partial charge in [-0.1, -0.05) is 148 Å². The molecule has 394 valence electrons. The molecule has 12 aromatic rings. The Labute approximate surface area is 460 Å². The largest absolute Gasteiger partial charge is 0.417 e. The Hall–Kier alpha value is -9.13. The first-order chi connectivity index (χ1) is 38.1. The smallest absolute Gasteiger partial charge is 0.308 e. The Bertz CT molecular complexity index is 4040. The van der Waals surface area contributed by atoms with E-state index in [2.05, 4.69) is 78.9 Å². The molecule has 0 bridgehead atoms. The summed E-state index contributed by atoms with van der Waals surface area (Å²) in [5.41, 5.74) is 13.5. The van der Waals surface area contributed by atoms with Crippen molar-refractivity contribution in [1.82, 2.24) is 9.13 Å². The van der Waals surface area contributed by atoms with Crippen LogP contribution in [0.15, 0.2) is 176 Å². The number of nitriles is 1. The second-order valence-electron chi connectivity index (χ2n) is 21.8. The van der Waals surface area contributed by atoms with Crippen LogP contribution in [0.4, 0.5) is 26.3 Å². The van der Waals surface area contributed by atoms with Crippen molar-refractivity contribution in [3.8, 4) is 73.1 Å². The molecule has 0 aliphatic rings. The van der Waals surface area contributed by atoms with Crippen LogP contribution in [0.2, 0.25) is 0 Å². The van der Waals surface area contributed by atoms with Gasteiger partial charge < -0.3 is 9.13 Å². The highest BCUT2D eigenvalue weighted by atomic mass is 19.4. The van der Waals surface area contributed by atoms with Gasteiger partial charge in [-0.15, -0.1) is 0 Å². The molecule has 80 heavy (non-hydrogen) atoms. The summed E-state index contributed by atoms with van der Waals surface area (Å²) in [5.74, 6) is 0. The first-order valence-corrected chi connectivity index (χ1v) is 26.5. The van der Waals surface area contributed by atoms with Crippen LogP contribution in [-0.4, -0.2) is 9.13 Å². The van der Waals surface area contributed by atoms with E-state index < -0.39 is 29.0 Å². The molecule has 0 N–H and O–H groups in total. The first-order valence-electron chi connectivity index (χ1n) is 26.5. The topological polar surface area (TPSA) is 33.6 Å². The van der Waals surface area contributed by atoms with Gasteiger partial charge in [0.05, 0.1) is 56.2 Å². The molecule has 10 aromatic carbocycles. The Kier molecular flexibility index (Phi) is 12.3. The lowest BCUT2D eigenvalue weighted by atomic mass is 9.89. The first kappa shape index (κ1) is 51.6. The molecule has 0 unspecified atom stereocenters. The molecule has 0 saturated carbocycles. The molecule has 9 heteroatoms. The maximum Gasteiger partial charge on any atom is 0.417 e. The predicted molar refractivity (Wildman–Crippen MR) is 315 cm³/mol. The molecule has 2 aromatic heterocycles. The molecule has 0 aliphatic heterocycles. The van der Waals surface area contributed by atoms with Crippen LogP contribution in [0.5, 0.6) is 0 Å². The summed E-state index contributed by atoms with van der Waals surface area (Å²) >= 11 is 0. The van der Waals surface area contributed by atoms with E-state index in [1.54, 1.807) is 9.13 Å². The van der Waals surface area contributed by atoms with Gasteiger partial charge in [-0.25, -0.2) is 0 Å². The van der Waals surface area contributed by atoms with E-state index in [1.165, 1.54) is 12.1 Å². The van der Waals surface area contributed by atoms with Crippen LogP contribution in [0, 0.1) is 66.7 Å². The van der Waals surface area contributed by atoms with Gasteiger partial charge in [-0.05, 0) is 173 Å². The van der Waals surface area contributed by atoms with Crippen LogP contribution in [-0.2, 0) is 12.4 Å². The van der Waals surface area contributed by atoms with Crippen LogP contribution in [0.3, 0.4) is 0 Å². The Morgan fingerprint density at radius 1 is 0.312 bits per heavy atom. The summed E-state index contributed by atoms with van der Waals surface area (Å²) in [4.78, 5) is 0. The summed E-state index contributed by atoms with van der Waals surface area (Å²) in [7, 11) is 0.